The third kappa shape index (κ3) is 4.15. The van der Waals surface area contributed by atoms with E-state index in [0.717, 1.165) is 17.0 Å². The van der Waals surface area contributed by atoms with Crippen molar-refractivity contribution >= 4 is 5.82 Å². The molecule has 5 nitrogen and oxygen atoms in total. The lowest BCUT2D eigenvalue weighted by Crippen LogP contribution is -2.23. The van der Waals surface area contributed by atoms with Crippen LogP contribution in [0.1, 0.15) is 23.9 Å². The van der Waals surface area contributed by atoms with Gasteiger partial charge in [0.15, 0.2) is 0 Å². The molecule has 0 bridgehead atoms. The van der Waals surface area contributed by atoms with Crippen molar-refractivity contribution in [2.45, 2.75) is 31.4 Å². The molecule has 0 unspecified atom stereocenters. The minimum Gasteiger partial charge on any atom is -0.383 e. The van der Waals surface area contributed by atoms with Crippen LogP contribution < -0.4 is 5.73 Å². The van der Waals surface area contributed by atoms with Crippen LogP contribution in [0.3, 0.4) is 0 Å². The zero-order valence-corrected chi connectivity index (χ0v) is 13.1. The van der Waals surface area contributed by atoms with Crippen molar-refractivity contribution in [3.63, 3.8) is 0 Å². The number of halogens is 6. The first-order chi connectivity index (χ1) is 11.9. The van der Waals surface area contributed by atoms with Crippen molar-refractivity contribution in [3.8, 4) is 11.3 Å². The molecule has 3 N–H and O–H groups in total. The summed E-state index contributed by atoms with van der Waals surface area (Å²) in [6.07, 6.45) is -8.87. The summed E-state index contributed by atoms with van der Waals surface area (Å²) in [5, 5.41) is 9.48. The van der Waals surface area contributed by atoms with Crippen LogP contribution in [0.25, 0.3) is 11.3 Å². The number of aromatic nitrogens is 3. The second kappa shape index (κ2) is 6.98. The molecule has 2 aromatic heterocycles. The topological polar surface area (TPSA) is 77.0 Å². The molecule has 0 aliphatic rings. The molecule has 0 saturated carbocycles. The Hall–Kier alpha value is -2.56. The Morgan fingerprint density at radius 2 is 1.92 bits per heavy atom. The van der Waals surface area contributed by atoms with Gasteiger partial charge >= 0.3 is 12.4 Å². The third-order valence-corrected chi connectivity index (χ3v) is 3.46. The Labute approximate surface area is 143 Å². The molecule has 0 fully saturated rings. The van der Waals surface area contributed by atoms with E-state index >= 15 is 0 Å². The highest BCUT2D eigenvalue weighted by molar-refractivity contribution is 5.62. The highest BCUT2D eigenvalue weighted by atomic mass is 19.4. The van der Waals surface area contributed by atoms with Crippen LogP contribution in [0, 0.1) is 0 Å². The first kappa shape index (κ1) is 19.8. The summed E-state index contributed by atoms with van der Waals surface area (Å²) >= 11 is 0. The number of imidazole rings is 1. The van der Waals surface area contributed by atoms with E-state index < -0.39 is 35.7 Å². The van der Waals surface area contributed by atoms with Gasteiger partial charge in [0.2, 0.25) is 6.10 Å². The SMILES string of the molecule is C=CCCn1cc(-c2cnc(N)c(C(F)(F)F)c2)nc1[C@@H](O)C(F)(F)F. The number of nitrogens with two attached hydrogens (primary N) is 1. The second-order valence-corrected chi connectivity index (χ2v) is 5.35. The van der Waals surface area contributed by atoms with Crippen molar-refractivity contribution in [1.82, 2.24) is 14.5 Å². The largest absolute Gasteiger partial charge is 0.421 e. The van der Waals surface area contributed by atoms with Crippen LogP contribution in [0.15, 0.2) is 31.1 Å². The Morgan fingerprint density at radius 1 is 1.27 bits per heavy atom. The number of nitrogen functional groups attached to an aromatic ring is 1. The minimum absolute atomic E-state index is 0.00744. The molecule has 0 amide bonds. The molecule has 0 spiro atoms. The van der Waals surface area contributed by atoms with Gasteiger partial charge in [-0.3, -0.25) is 0 Å². The number of alkyl halides is 6. The normalized spacial score (nSPS) is 13.7. The van der Waals surface area contributed by atoms with Gasteiger partial charge in [0.25, 0.3) is 0 Å². The number of allylic oxidation sites excluding steroid dienone is 1. The Morgan fingerprint density at radius 3 is 2.46 bits per heavy atom. The van der Waals surface area contributed by atoms with Crippen molar-refractivity contribution in [2.75, 3.05) is 5.73 Å². The van der Waals surface area contributed by atoms with Crippen LogP contribution in [-0.4, -0.2) is 25.8 Å². The molecule has 0 radical (unpaired) electrons. The number of pyridine rings is 1. The van der Waals surface area contributed by atoms with E-state index in [2.05, 4.69) is 16.5 Å². The van der Waals surface area contributed by atoms with E-state index in [4.69, 9.17) is 5.73 Å². The monoisotopic (exact) mass is 380 g/mol. The lowest BCUT2D eigenvalue weighted by atomic mass is 10.1. The molecule has 0 aliphatic carbocycles. The number of hydrogen-bond acceptors (Lipinski definition) is 4. The van der Waals surface area contributed by atoms with Gasteiger partial charge in [0, 0.05) is 24.5 Å². The number of aliphatic hydroxyl groups excluding tert-OH is 1. The van der Waals surface area contributed by atoms with E-state index in [1.807, 2.05) is 0 Å². The average Bonchev–Trinajstić information content (AvgIpc) is 2.94. The maximum absolute atomic E-state index is 12.9. The smallest absolute Gasteiger partial charge is 0.383 e. The first-order valence-corrected chi connectivity index (χ1v) is 7.21. The Kier molecular flexibility index (Phi) is 5.31. The maximum Gasteiger partial charge on any atom is 0.421 e. The van der Waals surface area contributed by atoms with Gasteiger partial charge in [-0.1, -0.05) is 6.08 Å². The molecule has 2 heterocycles. The van der Waals surface area contributed by atoms with Crippen molar-refractivity contribution in [1.29, 1.82) is 0 Å². The van der Waals surface area contributed by atoms with E-state index in [0.29, 0.717) is 6.07 Å². The minimum atomic E-state index is -4.98. The summed E-state index contributed by atoms with van der Waals surface area (Å²) in [6, 6.07) is 0.645. The Bertz CT molecular complexity index is 796. The zero-order chi connectivity index (χ0) is 19.7. The summed E-state index contributed by atoms with van der Waals surface area (Å²) in [4.78, 5) is 7.09. The standard InChI is InChI=1S/C15H14F6N4O/c1-2-3-4-25-7-10(24-13(25)11(26)15(19,20)21)8-5-9(14(16,17)18)12(22)23-6-8/h2,5-7,11,26H,1,3-4H2,(H2,22,23)/t11-/m1/s1. The molecular formula is C15H14F6N4O. The molecule has 0 saturated heterocycles. The fraction of sp³-hybridized carbons (Fsp3) is 0.333. The molecule has 1 atom stereocenters. The average molecular weight is 380 g/mol. The second-order valence-electron chi connectivity index (χ2n) is 5.35. The van der Waals surface area contributed by atoms with Gasteiger partial charge in [-0.2, -0.15) is 26.3 Å². The molecule has 142 valence electrons. The molecular weight excluding hydrogens is 366 g/mol. The first-order valence-electron chi connectivity index (χ1n) is 7.21. The fourth-order valence-electron chi connectivity index (χ4n) is 2.19. The molecule has 26 heavy (non-hydrogen) atoms. The highest BCUT2D eigenvalue weighted by Crippen LogP contribution is 2.36. The molecule has 0 aliphatic heterocycles. The lowest BCUT2D eigenvalue weighted by molar-refractivity contribution is -0.209. The summed E-state index contributed by atoms with van der Waals surface area (Å²) in [6.45, 7) is 3.45. The number of anilines is 1. The quantitative estimate of drug-likeness (QED) is 0.612. The fourth-order valence-corrected chi connectivity index (χ4v) is 2.19. The summed E-state index contributed by atoms with van der Waals surface area (Å²) in [7, 11) is 0. The van der Waals surface area contributed by atoms with Crippen LogP contribution >= 0.6 is 0 Å². The maximum atomic E-state index is 12.9. The van der Waals surface area contributed by atoms with Crippen LogP contribution in [0.5, 0.6) is 0 Å². The third-order valence-electron chi connectivity index (χ3n) is 3.46. The van der Waals surface area contributed by atoms with E-state index in [1.165, 1.54) is 6.08 Å². The van der Waals surface area contributed by atoms with E-state index in [-0.39, 0.29) is 24.2 Å². The summed E-state index contributed by atoms with van der Waals surface area (Å²) in [5.41, 5.74) is 3.59. The molecule has 0 aromatic carbocycles. The van der Waals surface area contributed by atoms with Gasteiger partial charge in [0.1, 0.15) is 11.6 Å². The summed E-state index contributed by atoms with van der Waals surface area (Å²) < 4.78 is 78.3. The van der Waals surface area contributed by atoms with Gasteiger partial charge < -0.3 is 15.4 Å². The molecule has 2 rings (SSSR count). The van der Waals surface area contributed by atoms with Gasteiger partial charge in [-0.05, 0) is 12.5 Å². The number of aryl methyl sites for hydroxylation is 1. The number of hydrogen-bond donors (Lipinski definition) is 2. The Balaban J connectivity index is 2.54. The van der Waals surface area contributed by atoms with Crippen molar-refractivity contribution in [3.05, 3.63) is 42.5 Å². The van der Waals surface area contributed by atoms with Crippen LogP contribution in [0.2, 0.25) is 0 Å². The van der Waals surface area contributed by atoms with Gasteiger partial charge in [0.05, 0.1) is 11.3 Å². The predicted molar refractivity (Wildman–Crippen MR) is 80.7 cm³/mol. The number of nitrogens with zero attached hydrogens (tertiary/aromatic N) is 3. The predicted octanol–water partition coefficient (Wildman–Crippen LogP) is 3.72. The summed E-state index contributed by atoms with van der Waals surface area (Å²) in [5.74, 6) is -1.50. The molecule has 11 heteroatoms. The van der Waals surface area contributed by atoms with Crippen molar-refractivity contribution in [2.24, 2.45) is 0 Å². The van der Waals surface area contributed by atoms with Gasteiger partial charge in [-0.25, -0.2) is 9.97 Å². The molecule has 2 aromatic rings. The van der Waals surface area contributed by atoms with Crippen LogP contribution in [0.4, 0.5) is 32.2 Å². The number of aliphatic hydroxyl groups is 1. The van der Waals surface area contributed by atoms with Gasteiger partial charge in [-0.15, -0.1) is 6.58 Å². The van der Waals surface area contributed by atoms with Crippen molar-refractivity contribution < 1.29 is 31.4 Å². The van der Waals surface area contributed by atoms with Crippen LogP contribution in [-0.2, 0) is 12.7 Å². The highest BCUT2D eigenvalue weighted by Gasteiger charge is 2.42. The number of rotatable bonds is 5. The zero-order valence-electron chi connectivity index (χ0n) is 13.1. The lowest BCUT2D eigenvalue weighted by Gasteiger charge is -2.15. The van der Waals surface area contributed by atoms with E-state index in [1.54, 1.807) is 0 Å². The van der Waals surface area contributed by atoms with E-state index in [9.17, 15) is 31.4 Å².